The third kappa shape index (κ3) is 11.7. The molecule has 0 saturated heterocycles. The van der Waals surface area contributed by atoms with Gasteiger partial charge in [-0.3, -0.25) is 9.89 Å². The van der Waals surface area contributed by atoms with Gasteiger partial charge >= 0.3 is 24.3 Å². The van der Waals surface area contributed by atoms with Gasteiger partial charge in [0.05, 0.1) is 12.2 Å². The summed E-state index contributed by atoms with van der Waals surface area (Å²) >= 11 is 0. The van der Waals surface area contributed by atoms with Crippen LogP contribution in [0.2, 0.25) is 0 Å². The van der Waals surface area contributed by atoms with Gasteiger partial charge in [-0.1, -0.05) is 42.5 Å². The first-order valence-corrected chi connectivity index (χ1v) is 9.91. The number of carbonyl (C=O) groups is 3. The largest absolute Gasteiger partial charge is 0.490 e. The average molecular weight is 534 g/mol. The van der Waals surface area contributed by atoms with Crippen molar-refractivity contribution in [3.05, 3.63) is 72.6 Å². The highest BCUT2D eigenvalue weighted by Crippen LogP contribution is 2.20. The Labute approximate surface area is 204 Å². The lowest BCUT2D eigenvalue weighted by molar-refractivity contribution is -0.193. The number of aliphatic carboxylic acids is 2. The van der Waals surface area contributed by atoms with Gasteiger partial charge in [-0.2, -0.15) is 31.4 Å². The van der Waals surface area contributed by atoms with Crippen LogP contribution in [0.1, 0.15) is 5.56 Å². The molecule has 0 spiro atoms. The lowest BCUT2D eigenvalue weighted by Crippen LogP contribution is -2.37. The van der Waals surface area contributed by atoms with Crippen molar-refractivity contribution in [3.63, 3.8) is 0 Å². The number of rotatable bonds is 5. The van der Waals surface area contributed by atoms with E-state index in [4.69, 9.17) is 25.5 Å². The lowest BCUT2D eigenvalue weighted by atomic mass is 10.1. The standard InChI is InChI=1S/C18H18N4O.2C2HF3O2/c19-17(10-13-4-2-1-3-5-13)18(23)22-16-8-6-14(7-9-16)15-11-20-21-12-15;2*3-2(4,5)1(6)7/h1-9,11-12,17H,10,19H2,(H,20,21)(H,22,23);2*(H,6,7). The maximum Gasteiger partial charge on any atom is 0.490 e. The van der Waals surface area contributed by atoms with E-state index in [1.807, 2.05) is 60.8 Å². The number of benzene rings is 2. The van der Waals surface area contributed by atoms with Crippen molar-refractivity contribution in [2.24, 2.45) is 5.73 Å². The normalized spacial score (nSPS) is 11.6. The molecule has 15 heteroatoms. The summed E-state index contributed by atoms with van der Waals surface area (Å²) in [7, 11) is 0. The zero-order chi connectivity index (χ0) is 28.2. The summed E-state index contributed by atoms with van der Waals surface area (Å²) in [6.45, 7) is 0. The zero-order valence-corrected chi connectivity index (χ0v) is 18.5. The van der Waals surface area contributed by atoms with Crippen molar-refractivity contribution in [2.75, 3.05) is 5.32 Å². The van der Waals surface area contributed by atoms with E-state index in [2.05, 4.69) is 15.5 Å². The number of carboxylic acid groups (broad SMARTS) is 2. The monoisotopic (exact) mass is 534 g/mol. The molecule has 37 heavy (non-hydrogen) atoms. The number of alkyl halides is 6. The predicted molar refractivity (Wildman–Crippen MR) is 118 cm³/mol. The minimum Gasteiger partial charge on any atom is -0.475 e. The van der Waals surface area contributed by atoms with Crippen molar-refractivity contribution >= 4 is 23.5 Å². The van der Waals surface area contributed by atoms with Gasteiger partial charge in [0.1, 0.15) is 0 Å². The molecule has 200 valence electrons. The van der Waals surface area contributed by atoms with E-state index in [1.54, 1.807) is 6.20 Å². The third-order valence-electron chi connectivity index (χ3n) is 4.10. The van der Waals surface area contributed by atoms with Gasteiger partial charge in [-0.15, -0.1) is 0 Å². The Kier molecular flexibility index (Phi) is 11.3. The minimum absolute atomic E-state index is 0.190. The van der Waals surface area contributed by atoms with Crippen LogP contribution in [0.4, 0.5) is 32.0 Å². The van der Waals surface area contributed by atoms with Crippen molar-refractivity contribution in [1.29, 1.82) is 0 Å². The number of hydrogen-bond acceptors (Lipinski definition) is 5. The van der Waals surface area contributed by atoms with Gasteiger partial charge in [-0.25, -0.2) is 9.59 Å². The number of nitrogens with one attached hydrogen (secondary N) is 2. The Bertz CT molecular complexity index is 1110. The van der Waals surface area contributed by atoms with E-state index in [0.29, 0.717) is 6.42 Å². The summed E-state index contributed by atoms with van der Waals surface area (Å²) in [6.07, 6.45) is -6.08. The lowest BCUT2D eigenvalue weighted by Gasteiger charge is -2.12. The Hall–Kier alpha value is -4.40. The van der Waals surface area contributed by atoms with Crippen molar-refractivity contribution in [2.45, 2.75) is 24.8 Å². The first-order valence-electron chi connectivity index (χ1n) is 9.91. The maximum atomic E-state index is 12.2. The molecule has 1 atom stereocenters. The second kappa shape index (κ2) is 13.6. The number of nitrogens with two attached hydrogens (primary N) is 1. The van der Waals surface area contributed by atoms with Crippen LogP contribution in [0.25, 0.3) is 11.1 Å². The van der Waals surface area contributed by atoms with E-state index < -0.39 is 30.3 Å². The number of aromatic amines is 1. The minimum atomic E-state index is -5.08. The molecular weight excluding hydrogens is 514 g/mol. The van der Waals surface area contributed by atoms with Crippen molar-refractivity contribution in [1.82, 2.24) is 10.2 Å². The molecule has 2 aromatic carbocycles. The molecule has 3 aromatic rings. The summed E-state index contributed by atoms with van der Waals surface area (Å²) in [4.78, 5) is 30.0. The molecule has 0 bridgehead atoms. The maximum absolute atomic E-state index is 12.2. The first kappa shape index (κ1) is 30.6. The number of nitrogens with zero attached hydrogens (tertiary/aromatic N) is 1. The second-order valence-corrected chi connectivity index (χ2v) is 6.96. The molecule has 0 aliphatic carbocycles. The van der Waals surface area contributed by atoms with E-state index >= 15 is 0 Å². The van der Waals surface area contributed by atoms with Gasteiger partial charge in [0, 0.05) is 17.4 Å². The Morgan fingerprint density at radius 3 is 1.76 bits per heavy atom. The fourth-order valence-electron chi connectivity index (χ4n) is 2.35. The van der Waals surface area contributed by atoms with Crippen LogP contribution in [-0.2, 0) is 20.8 Å². The van der Waals surface area contributed by atoms with E-state index in [-0.39, 0.29) is 5.91 Å². The summed E-state index contributed by atoms with van der Waals surface area (Å²) in [5.41, 5.74) is 9.79. The average Bonchev–Trinajstić information content (AvgIpc) is 3.35. The highest BCUT2D eigenvalue weighted by atomic mass is 19.4. The molecule has 0 fully saturated rings. The van der Waals surface area contributed by atoms with E-state index in [9.17, 15) is 31.1 Å². The number of hydrogen-bond donors (Lipinski definition) is 5. The SMILES string of the molecule is NC(Cc1ccccc1)C(=O)Nc1ccc(-c2cn[nH]c2)cc1.O=C(O)C(F)(F)F.O=C(O)C(F)(F)F. The predicted octanol–water partition coefficient (Wildman–Crippen LogP) is 3.85. The van der Waals surface area contributed by atoms with Gasteiger partial charge in [0.15, 0.2) is 0 Å². The van der Waals surface area contributed by atoms with Crippen LogP contribution in [0.5, 0.6) is 0 Å². The number of amides is 1. The number of aromatic nitrogens is 2. The summed E-state index contributed by atoms with van der Waals surface area (Å²) < 4.78 is 63.5. The summed E-state index contributed by atoms with van der Waals surface area (Å²) in [5, 5.41) is 23.8. The molecule has 1 aromatic heterocycles. The number of carboxylic acids is 2. The van der Waals surface area contributed by atoms with Crippen LogP contribution >= 0.6 is 0 Å². The van der Waals surface area contributed by atoms with Gasteiger partial charge in [-0.05, 0) is 29.7 Å². The van der Waals surface area contributed by atoms with Crippen LogP contribution in [0.3, 0.4) is 0 Å². The number of H-pyrrole nitrogens is 1. The Balaban J connectivity index is 0.000000404. The molecule has 0 aliphatic heterocycles. The van der Waals surface area contributed by atoms with Crippen LogP contribution in [0.15, 0.2) is 67.0 Å². The van der Waals surface area contributed by atoms with E-state index in [1.165, 1.54) is 0 Å². The smallest absolute Gasteiger partial charge is 0.475 e. The third-order valence-corrected chi connectivity index (χ3v) is 4.10. The van der Waals surface area contributed by atoms with Crippen LogP contribution in [-0.4, -0.2) is 56.7 Å². The highest BCUT2D eigenvalue weighted by Gasteiger charge is 2.38. The molecule has 9 nitrogen and oxygen atoms in total. The zero-order valence-electron chi connectivity index (χ0n) is 18.5. The molecule has 1 amide bonds. The topological polar surface area (TPSA) is 158 Å². The fraction of sp³-hybridized carbons (Fsp3) is 0.182. The van der Waals surface area contributed by atoms with Crippen LogP contribution < -0.4 is 11.1 Å². The molecule has 1 heterocycles. The first-order chi connectivity index (χ1) is 17.1. The quantitative estimate of drug-likeness (QED) is 0.311. The molecular formula is C22H20F6N4O5. The fourth-order valence-corrected chi connectivity index (χ4v) is 2.35. The Morgan fingerprint density at radius 2 is 1.35 bits per heavy atom. The molecule has 0 radical (unpaired) electrons. The molecule has 0 aliphatic rings. The van der Waals surface area contributed by atoms with Gasteiger partial charge in [0.2, 0.25) is 5.91 Å². The Morgan fingerprint density at radius 1 is 0.865 bits per heavy atom. The summed E-state index contributed by atoms with van der Waals surface area (Å²) in [5.74, 6) is -5.70. The number of halogens is 6. The number of carbonyl (C=O) groups excluding carboxylic acids is 1. The molecule has 0 saturated carbocycles. The van der Waals surface area contributed by atoms with E-state index in [0.717, 1.165) is 22.4 Å². The van der Waals surface area contributed by atoms with Gasteiger partial charge in [0.25, 0.3) is 0 Å². The second-order valence-electron chi connectivity index (χ2n) is 6.96. The van der Waals surface area contributed by atoms with Gasteiger partial charge < -0.3 is 21.3 Å². The van der Waals surface area contributed by atoms with Crippen molar-refractivity contribution in [3.8, 4) is 11.1 Å². The van der Waals surface area contributed by atoms with Crippen LogP contribution in [0, 0.1) is 0 Å². The highest BCUT2D eigenvalue weighted by molar-refractivity contribution is 5.95. The molecule has 6 N–H and O–H groups in total. The summed E-state index contributed by atoms with van der Waals surface area (Å²) in [6, 6.07) is 16.8. The number of anilines is 1. The molecule has 1 unspecified atom stereocenters. The molecule has 3 rings (SSSR count). The van der Waals surface area contributed by atoms with Crippen molar-refractivity contribution < 1.29 is 50.9 Å².